The monoisotopic (exact) mass is 479 g/mol. The highest BCUT2D eigenvalue weighted by atomic mass is 14.6. The van der Waals surface area contributed by atoms with Gasteiger partial charge in [0.25, 0.3) is 0 Å². The molecule has 0 amide bonds. The maximum absolute atomic E-state index is 3.95. The van der Waals surface area contributed by atoms with Gasteiger partial charge in [0.15, 0.2) is 0 Å². The van der Waals surface area contributed by atoms with E-state index in [1.165, 1.54) is 38.5 Å². The molecule has 0 heterocycles. The van der Waals surface area contributed by atoms with Gasteiger partial charge in [-0.3, -0.25) is 0 Å². The first-order valence-electron chi connectivity index (χ1n) is 16.6. The molecule has 36 heavy (non-hydrogen) atoms. The second-order valence-electron chi connectivity index (χ2n) is 17.3. The second-order valence-corrected chi connectivity index (χ2v) is 17.3. The summed E-state index contributed by atoms with van der Waals surface area (Å²) in [5, 5.41) is 0. The molecule has 0 atom stereocenters. The fourth-order valence-corrected chi connectivity index (χ4v) is 15.2. The summed E-state index contributed by atoms with van der Waals surface area (Å²) in [6.45, 7) is 0. The van der Waals surface area contributed by atoms with Gasteiger partial charge in [0, 0.05) is 0 Å². The van der Waals surface area contributed by atoms with E-state index in [1.54, 1.807) is 77.0 Å². The minimum absolute atomic E-state index is 0.530. The molecule has 0 N–H and O–H groups in total. The van der Waals surface area contributed by atoms with Crippen LogP contribution in [0.5, 0.6) is 0 Å². The fraction of sp³-hybridized carbons (Fsp3) is 0.833. The highest BCUT2D eigenvalue weighted by Crippen LogP contribution is 2.69. The zero-order valence-electron chi connectivity index (χ0n) is 22.6. The zero-order valence-corrected chi connectivity index (χ0v) is 22.6. The van der Waals surface area contributed by atoms with Gasteiger partial charge in [0.05, 0.1) is 0 Å². The predicted octanol–water partition coefficient (Wildman–Crippen LogP) is 8.89. The largest absolute Gasteiger partial charge is 0.0503 e. The van der Waals surface area contributed by atoms with Crippen molar-refractivity contribution in [1.29, 1.82) is 0 Å². The zero-order chi connectivity index (χ0) is 23.3. The highest BCUT2D eigenvalue weighted by Gasteiger charge is 2.60. The summed E-state index contributed by atoms with van der Waals surface area (Å²) in [5.74, 6) is 9.42. The molecule has 0 spiro atoms. The molecule has 0 aliphatic heterocycles. The molecule has 12 fully saturated rings. The lowest BCUT2D eigenvalue weighted by molar-refractivity contribution is -0.0243. The van der Waals surface area contributed by atoms with Crippen LogP contribution in [-0.2, 0) is 16.2 Å². The summed E-state index contributed by atoms with van der Waals surface area (Å²) in [5.41, 5.74) is 7.50. The van der Waals surface area contributed by atoms with Crippen LogP contribution in [0.2, 0.25) is 0 Å². The molecule has 12 aliphatic carbocycles. The Balaban J connectivity index is 1.20. The first kappa shape index (κ1) is 21.1. The van der Waals surface area contributed by atoms with E-state index in [2.05, 4.69) is 18.2 Å². The average Bonchev–Trinajstić information content (AvgIpc) is 2.81. The van der Waals surface area contributed by atoms with Crippen LogP contribution in [0.1, 0.15) is 132 Å². The van der Waals surface area contributed by atoms with E-state index in [0.29, 0.717) is 16.2 Å². The maximum atomic E-state index is 3.95. The molecule has 12 aliphatic rings. The van der Waals surface area contributed by atoms with Gasteiger partial charge in [-0.2, -0.15) is 0 Å². The van der Waals surface area contributed by atoms with E-state index in [0.717, 1.165) is 53.3 Å². The van der Waals surface area contributed by atoms with E-state index in [1.807, 2.05) is 16.7 Å². The Kier molecular flexibility index (Phi) is 4.02. The van der Waals surface area contributed by atoms with Crippen LogP contribution in [0.4, 0.5) is 0 Å². The third-order valence-electron chi connectivity index (χ3n) is 14.8. The molecule has 13 rings (SSSR count). The van der Waals surface area contributed by atoms with Gasteiger partial charge < -0.3 is 0 Å². The summed E-state index contributed by atoms with van der Waals surface area (Å²) in [7, 11) is 0. The normalized spacial score (nSPS) is 57.2. The van der Waals surface area contributed by atoms with Crippen LogP contribution in [-0.4, -0.2) is 0 Å². The number of rotatable bonds is 3. The molecule has 0 unspecified atom stereocenters. The van der Waals surface area contributed by atoms with Gasteiger partial charge in [-0.15, -0.1) is 0 Å². The van der Waals surface area contributed by atoms with Crippen molar-refractivity contribution >= 4 is 0 Å². The summed E-state index contributed by atoms with van der Waals surface area (Å²) in [4.78, 5) is 0. The minimum atomic E-state index is 0.530. The van der Waals surface area contributed by atoms with Crippen molar-refractivity contribution in [3.8, 4) is 0 Å². The Bertz CT molecular complexity index is 935. The smallest absolute Gasteiger partial charge is 0.00332 e. The number of benzene rings is 1. The van der Waals surface area contributed by atoms with E-state index in [9.17, 15) is 0 Å². The van der Waals surface area contributed by atoms with Crippen LogP contribution >= 0.6 is 0 Å². The second kappa shape index (κ2) is 6.86. The van der Waals surface area contributed by atoms with Gasteiger partial charge in [0.2, 0.25) is 0 Å². The molecule has 191 valence electrons. The van der Waals surface area contributed by atoms with Gasteiger partial charge >= 0.3 is 0 Å². The Labute approximate surface area is 219 Å². The Morgan fingerprint density at radius 2 is 0.639 bits per heavy atom. The van der Waals surface area contributed by atoms with Crippen molar-refractivity contribution in [3.05, 3.63) is 34.9 Å². The Morgan fingerprint density at radius 1 is 0.389 bits per heavy atom. The molecular formula is C36H47. The Hall–Kier alpha value is -0.780. The average molecular weight is 480 g/mol. The first-order chi connectivity index (χ1) is 17.6. The van der Waals surface area contributed by atoms with Gasteiger partial charge in [0.1, 0.15) is 0 Å². The van der Waals surface area contributed by atoms with Crippen molar-refractivity contribution in [2.45, 2.75) is 132 Å². The third kappa shape index (κ3) is 2.74. The molecule has 1 aromatic rings. The van der Waals surface area contributed by atoms with Crippen LogP contribution in [0.25, 0.3) is 0 Å². The van der Waals surface area contributed by atoms with E-state index in [-0.39, 0.29) is 0 Å². The molecule has 0 aromatic heterocycles. The topological polar surface area (TPSA) is 0 Å². The van der Waals surface area contributed by atoms with Crippen LogP contribution < -0.4 is 0 Å². The molecular weight excluding hydrogens is 432 g/mol. The van der Waals surface area contributed by atoms with Crippen LogP contribution in [0.3, 0.4) is 0 Å². The SMILES string of the molecule is [c]1cc(C23CC4CC(CC(C4)C2)C3)c(C23CC4CC(CC(C4)C2)C3)c(C23CC4CC(CC(C4)C2)C3)c1. The first-order valence-corrected chi connectivity index (χ1v) is 16.6. The summed E-state index contributed by atoms with van der Waals surface area (Å²) < 4.78 is 0. The van der Waals surface area contributed by atoms with Gasteiger partial charge in [-0.05, 0) is 208 Å². The van der Waals surface area contributed by atoms with Crippen molar-refractivity contribution in [1.82, 2.24) is 0 Å². The molecule has 12 saturated carbocycles. The van der Waals surface area contributed by atoms with Crippen LogP contribution in [0.15, 0.2) is 12.1 Å². The third-order valence-corrected chi connectivity index (χ3v) is 14.8. The van der Waals surface area contributed by atoms with Crippen molar-refractivity contribution in [2.24, 2.45) is 53.3 Å². The summed E-state index contributed by atoms with van der Waals surface area (Å²) >= 11 is 0. The van der Waals surface area contributed by atoms with E-state index in [4.69, 9.17) is 0 Å². The summed E-state index contributed by atoms with van der Waals surface area (Å²) in [6.07, 6.45) is 28.1. The Morgan fingerprint density at radius 3 is 0.917 bits per heavy atom. The van der Waals surface area contributed by atoms with Gasteiger partial charge in [-0.25, -0.2) is 0 Å². The number of hydrogen-bond acceptors (Lipinski definition) is 0. The van der Waals surface area contributed by atoms with Crippen molar-refractivity contribution < 1.29 is 0 Å². The molecule has 1 aromatic carbocycles. The molecule has 1 radical (unpaired) electrons. The highest BCUT2D eigenvalue weighted by molar-refractivity contribution is 5.51. The lowest BCUT2D eigenvalue weighted by Crippen LogP contribution is -2.54. The quantitative estimate of drug-likeness (QED) is 0.406. The fourth-order valence-electron chi connectivity index (χ4n) is 15.2. The lowest BCUT2D eigenvalue weighted by atomic mass is 9.41. The molecule has 12 bridgehead atoms. The van der Waals surface area contributed by atoms with Crippen molar-refractivity contribution in [2.75, 3.05) is 0 Å². The van der Waals surface area contributed by atoms with Gasteiger partial charge in [-0.1, -0.05) is 12.1 Å². The van der Waals surface area contributed by atoms with Crippen LogP contribution in [0, 0.1) is 59.3 Å². The maximum Gasteiger partial charge on any atom is -0.00332 e. The number of hydrogen-bond donors (Lipinski definition) is 0. The van der Waals surface area contributed by atoms with E-state index >= 15 is 0 Å². The molecule has 0 saturated heterocycles. The minimum Gasteiger partial charge on any atom is -0.0503 e. The standard InChI is InChI=1S/C36H47/c1-2-31(34-13-22-4-23(14-34)6-24(5-22)15-34)33(36-19-28-10-29(20-36)12-30(11-28)21-36)32(3-1)35-16-25-7-26(17-35)9-27(8-25)18-35/h2-3,22-30H,4-21H2. The predicted molar refractivity (Wildman–Crippen MR) is 145 cm³/mol. The summed E-state index contributed by atoms with van der Waals surface area (Å²) in [6, 6.07) is 9.24. The molecule has 0 heteroatoms. The van der Waals surface area contributed by atoms with Crippen molar-refractivity contribution in [3.63, 3.8) is 0 Å². The lowest BCUT2D eigenvalue weighted by Gasteiger charge is -2.63. The van der Waals surface area contributed by atoms with E-state index < -0.39 is 0 Å². The molecule has 0 nitrogen and oxygen atoms in total.